The van der Waals surface area contributed by atoms with Crippen LogP contribution in [-0.2, 0) is 21.7 Å². The molecular weight excluding hydrogens is 1380 g/mol. The summed E-state index contributed by atoms with van der Waals surface area (Å²) in [5.74, 6) is 0. The average molecular weight is 1480 g/mol. The summed E-state index contributed by atoms with van der Waals surface area (Å²) in [7, 11) is 0. The number of rotatable bonds is 8. The molecule has 0 spiro atoms. The Morgan fingerprint density at radius 2 is 0.404 bits per heavy atom. The number of hydrogen-bond acceptors (Lipinski definition) is 4. The Kier molecular flexibility index (Phi) is 13.3. The first kappa shape index (κ1) is 69.1. The van der Waals surface area contributed by atoms with Crippen LogP contribution >= 0.6 is 0 Å². The Morgan fingerprint density at radius 1 is 0.193 bits per heavy atom. The van der Waals surface area contributed by atoms with Crippen LogP contribution in [0.2, 0.25) is 0 Å². The van der Waals surface area contributed by atoms with Gasteiger partial charge in [0.25, 0.3) is 0 Å². The molecule has 4 nitrogen and oxygen atoms in total. The molecule has 8 aliphatic rings. The van der Waals surface area contributed by atoms with E-state index in [1.54, 1.807) is 0 Å². The van der Waals surface area contributed by atoms with Crippen LogP contribution in [0.25, 0.3) is 109 Å². The van der Waals surface area contributed by atoms with Crippen molar-refractivity contribution in [1.82, 2.24) is 0 Å². The zero-order chi connectivity index (χ0) is 78.1. The zero-order valence-corrected chi connectivity index (χ0v) is 69.7. The van der Waals surface area contributed by atoms with Crippen LogP contribution in [0.15, 0.2) is 255 Å². The van der Waals surface area contributed by atoms with Gasteiger partial charge in [0.2, 0.25) is 0 Å². The summed E-state index contributed by atoms with van der Waals surface area (Å²) in [6.07, 6.45) is 8.92. The minimum absolute atomic E-state index is 0.0907. The molecule has 4 saturated carbocycles. The SMILES string of the molecule is CC1(C)CC2(C)c3cc(-c4ccc5c6cc7c(cc6c6ccc(-c8ccc9c(c8)C8(C)CC(C)(C)CC8(C)N9c8ccccc8)c4c56)c4ccc(-c5ccc6c(c5)C5(C)CC(C)(C)CC5(C)N6c5ccccc5)c5c(-c6ccc8c(c6)C6(C)CC(C)(C)CC6(C)N8c6ccccc6)ccc7c54)ccc3N(c3ccccc3)C2(C)C1. The van der Waals surface area contributed by atoms with Gasteiger partial charge in [-0.15, -0.1) is 0 Å². The predicted molar refractivity (Wildman–Crippen MR) is 485 cm³/mol. The molecule has 0 bridgehead atoms. The maximum absolute atomic E-state index is 2.73. The molecule has 566 valence electrons. The highest BCUT2D eigenvalue weighted by Crippen LogP contribution is 2.73. The van der Waals surface area contributed by atoms with Crippen molar-refractivity contribution in [3.63, 3.8) is 0 Å². The van der Waals surface area contributed by atoms with Crippen molar-refractivity contribution in [3.8, 4) is 44.5 Å². The van der Waals surface area contributed by atoms with Crippen molar-refractivity contribution in [3.05, 3.63) is 277 Å². The summed E-state index contributed by atoms with van der Waals surface area (Å²) >= 11 is 0. The summed E-state index contributed by atoms with van der Waals surface area (Å²) in [4.78, 5) is 10.9. The zero-order valence-electron chi connectivity index (χ0n) is 69.7. The Bertz CT molecular complexity index is 5880. The standard InChI is InChI=1S/C110H106N4/c1-99(2)59-103(9)87-53-67(37-49-91(87)111(107(103,13)63-99)71-29-21-17-22-30-71)75-41-45-79-83-57-85-81-47-43-77(69-39-51-93-89(55-69)105(11)61-101(5,6)65-109(105,15)113(93)73-33-25-19-26-34-73)96-78(70-40-52-94-90(56-70)106(12)62-102(7,8)66-110(106,16)114(94)74-35-27-20-28-36-74)44-48-82(98(81)96)86(85)58-84(83)80-46-42-76(95(75)97(79)80)68-38-50-92-88(54-68)104(10)60-100(3,4)64-108(104,14)112(92)72-31-23-18-24-32-72/h17-58H,59-66H2,1-16H3. The number of hydrogen-bond donors (Lipinski definition) is 0. The summed E-state index contributed by atoms with van der Waals surface area (Å²) in [5, 5.41) is 16.0. The Hall–Kier alpha value is -10.4. The third-order valence-electron chi connectivity index (χ3n) is 32.6. The number of benzene rings is 13. The maximum Gasteiger partial charge on any atom is 0.0523 e. The minimum Gasteiger partial charge on any atom is -0.334 e. The van der Waals surface area contributed by atoms with Crippen molar-refractivity contribution in [2.24, 2.45) is 21.7 Å². The molecule has 0 amide bonds. The van der Waals surface area contributed by atoms with Gasteiger partial charge in [0.05, 0.1) is 22.2 Å². The van der Waals surface area contributed by atoms with E-state index in [4.69, 9.17) is 0 Å². The molecule has 0 aromatic heterocycles. The van der Waals surface area contributed by atoms with Crippen molar-refractivity contribution in [1.29, 1.82) is 0 Å². The van der Waals surface area contributed by atoms with E-state index in [-0.39, 0.29) is 65.5 Å². The quantitative estimate of drug-likeness (QED) is 0.150. The monoisotopic (exact) mass is 1480 g/mol. The second-order valence-electron chi connectivity index (χ2n) is 42.2. The summed E-state index contributed by atoms with van der Waals surface area (Å²) in [6, 6.07) is 101. The molecule has 4 aliphatic carbocycles. The van der Waals surface area contributed by atoms with Crippen LogP contribution in [0.1, 0.15) is 184 Å². The van der Waals surface area contributed by atoms with Gasteiger partial charge in [0, 0.05) is 67.2 Å². The van der Waals surface area contributed by atoms with E-state index in [2.05, 4.69) is 385 Å². The van der Waals surface area contributed by atoms with E-state index in [1.165, 1.54) is 177 Å². The fourth-order valence-electron chi connectivity index (χ4n) is 29.0. The lowest BCUT2D eigenvalue weighted by atomic mass is 9.71. The van der Waals surface area contributed by atoms with Gasteiger partial charge in [-0.05, 0) is 341 Å². The molecule has 0 N–H and O–H groups in total. The number of para-hydroxylation sites is 4. The number of nitrogens with zero attached hydrogens (tertiary/aromatic N) is 4. The van der Waals surface area contributed by atoms with Crippen molar-refractivity contribution >= 4 is 110 Å². The third kappa shape index (κ3) is 8.60. The fraction of sp³-hybridized carbons (Fsp3) is 0.327. The lowest BCUT2D eigenvalue weighted by Gasteiger charge is -2.42. The fourth-order valence-corrected chi connectivity index (χ4v) is 29.0. The van der Waals surface area contributed by atoms with Gasteiger partial charge in [0.1, 0.15) is 0 Å². The van der Waals surface area contributed by atoms with E-state index in [1.807, 2.05) is 0 Å². The van der Waals surface area contributed by atoms with Gasteiger partial charge in [-0.25, -0.2) is 0 Å². The number of anilines is 8. The van der Waals surface area contributed by atoms with E-state index in [0.29, 0.717) is 0 Å². The molecule has 15 aromatic rings. The van der Waals surface area contributed by atoms with Crippen LogP contribution in [0, 0.1) is 21.7 Å². The summed E-state index contributed by atoms with van der Waals surface area (Å²) in [5.41, 5.74) is 26.6. The molecule has 0 saturated heterocycles. The minimum atomic E-state index is -0.112. The first-order valence-corrected chi connectivity index (χ1v) is 42.7. The highest BCUT2D eigenvalue weighted by atomic mass is 15.3. The smallest absolute Gasteiger partial charge is 0.0523 e. The molecule has 4 heterocycles. The molecule has 4 fully saturated rings. The predicted octanol–water partition coefficient (Wildman–Crippen LogP) is 30.1. The largest absolute Gasteiger partial charge is 0.334 e. The van der Waals surface area contributed by atoms with E-state index in [9.17, 15) is 0 Å². The average Bonchev–Trinajstić information content (AvgIpc) is 1.52. The first-order chi connectivity index (χ1) is 54.3. The second-order valence-corrected chi connectivity index (χ2v) is 42.2. The molecule has 4 aliphatic heterocycles. The third-order valence-corrected chi connectivity index (χ3v) is 32.6. The van der Waals surface area contributed by atoms with Crippen LogP contribution in [0.5, 0.6) is 0 Å². The first-order valence-electron chi connectivity index (χ1n) is 42.7. The van der Waals surface area contributed by atoms with Crippen LogP contribution in [-0.4, -0.2) is 22.2 Å². The molecule has 8 unspecified atom stereocenters. The van der Waals surface area contributed by atoms with Gasteiger partial charge in [-0.2, -0.15) is 0 Å². The Balaban J connectivity index is 0.763. The lowest BCUT2D eigenvalue weighted by molar-refractivity contribution is 0.330. The highest BCUT2D eigenvalue weighted by molar-refractivity contribution is 6.40. The van der Waals surface area contributed by atoms with Crippen LogP contribution < -0.4 is 19.6 Å². The highest BCUT2D eigenvalue weighted by Gasteiger charge is 2.68. The maximum atomic E-state index is 2.73. The van der Waals surface area contributed by atoms with Gasteiger partial charge in [-0.1, -0.05) is 229 Å². The number of fused-ring (bicyclic) bond motifs is 18. The van der Waals surface area contributed by atoms with Crippen molar-refractivity contribution in [2.45, 2.75) is 206 Å². The van der Waals surface area contributed by atoms with Crippen LogP contribution in [0.4, 0.5) is 45.5 Å². The van der Waals surface area contributed by atoms with E-state index in [0.717, 1.165) is 51.4 Å². The Labute approximate surface area is 674 Å². The van der Waals surface area contributed by atoms with Gasteiger partial charge >= 0.3 is 0 Å². The topological polar surface area (TPSA) is 13.0 Å². The summed E-state index contributed by atoms with van der Waals surface area (Å²) < 4.78 is 0. The molecule has 0 radical (unpaired) electrons. The molecule has 4 heteroatoms. The van der Waals surface area contributed by atoms with Crippen molar-refractivity contribution < 1.29 is 0 Å². The van der Waals surface area contributed by atoms with E-state index >= 15 is 0 Å². The Morgan fingerprint density at radius 3 is 0.614 bits per heavy atom. The summed E-state index contributed by atoms with van der Waals surface area (Å²) in [6.45, 7) is 40.7. The molecule has 114 heavy (non-hydrogen) atoms. The molecule has 23 rings (SSSR count). The molecule has 8 atom stereocenters. The van der Waals surface area contributed by atoms with Gasteiger partial charge in [0.15, 0.2) is 0 Å². The molecule has 15 aromatic carbocycles. The van der Waals surface area contributed by atoms with Crippen LogP contribution in [0.3, 0.4) is 0 Å². The molecular formula is C110H106N4. The lowest BCUT2D eigenvalue weighted by Crippen LogP contribution is -2.49. The van der Waals surface area contributed by atoms with E-state index < -0.39 is 0 Å². The normalized spacial score (nSPS) is 28.2. The van der Waals surface area contributed by atoms with Crippen molar-refractivity contribution in [2.75, 3.05) is 19.6 Å². The van der Waals surface area contributed by atoms with Gasteiger partial charge in [-0.3, -0.25) is 0 Å². The second kappa shape index (κ2) is 22.0. The van der Waals surface area contributed by atoms with Gasteiger partial charge < -0.3 is 19.6 Å².